The van der Waals surface area contributed by atoms with E-state index in [0.717, 1.165) is 11.2 Å². The minimum Gasteiger partial charge on any atom is -0.308 e. The predicted octanol–water partition coefficient (Wildman–Crippen LogP) is 2.89. The summed E-state index contributed by atoms with van der Waals surface area (Å²) in [4.78, 5) is 27.1. The van der Waals surface area contributed by atoms with Crippen molar-refractivity contribution in [3.8, 4) is 0 Å². The minimum atomic E-state index is -0.130. The van der Waals surface area contributed by atoms with Crippen LogP contribution in [0.1, 0.15) is 0 Å². The average molecular weight is 405 g/mol. The summed E-state index contributed by atoms with van der Waals surface area (Å²) in [5, 5.41) is 9.52. The number of thioether (sulfide) groups is 1. The molecule has 0 fully saturated rings. The van der Waals surface area contributed by atoms with Gasteiger partial charge in [-0.3, -0.25) is 18.6 Å². The van der Waals surface area contributed by atoms with Gasteiger partial charge in [0.2, 0.25) is 11.7 Å². The zero-order chi connectivity index (χ0) is 20.4. The van der Waals surface area contributed by atoms with Gasteiger partial charge in [0.25, 0.3) is 5.56 Å². The Labute approximate surface area is 171 Å². The standard InChI is InChI=1S/C21H19N5O2S/c1-3-13-25(15-9-5-4-6-10-15)18(27)14-29-21-23-22-20-24(2)19(28)16-11-7-8-12-17(16)26(20)21/h3-12H,1,13-14H2,2H3. The van der Waals surface area contributed by atoms with Gasteiger partial charge in [-0.15, -0.1) is 16.8 Å². The van der Waals surface area contributed by atoms with E-state index in [1.807, 2.05) is 52.9 Å². The van der Waals surface area contributed by atoms with Gasteiger partial charge in [-0.05, 0) is 24.3 Å². The van der Waals surface area contributed by atoms with Gasteiger partial charge in [0.05, 0.1) is 16.7 Å². The number of aromatic nitrogens is 4. The lowest BCUT2D eigenvalue weighted by atomic mass is 10.2. The number of hydrogen-bond acceptors (Lipinski definition) is 5. The van der Waals surface area contributed by atoms with Crippen LogP contribution in [0.25, 0.3) is 16.7 Å². The molecule has 0 aliphatic carbocycles. The highest BCUT2D eigenvalue weighted by molar-refractivity contribution is 7.99. The number of fused-ring (bicyclic) bond motifs is 3. The molecule has 4 aromatic rings. The highest BCUT2D eigenvalue weighted by Crippen LogP contribution is 2.23. The molecule has 7 nitrogen and oxygen atoms in total. The molecule has 0 aliphatic rings. The van der Waals surface area contributed by atoms with Crippen molar-refractivity contribution in [2.45, 2.75) is 5.16 Å². The van der Waals surface area contributed by atoms with E-state index < -0.39 is 0 Å². The zero-order valence-electron chi connectivity index (χ0n) is 15.9. The Kier molecular flexibility index (Phi) is 5.18. The van der Waals surface area contributed by atoms with Crippen LogP contribution >= 0.6 is 11.8 Å². The molecule has 8 heteroatoms. The highest BCUT2D eigenvalue weighted by atomic mass is 32.2. The number of nitrogens with zero attached hydrogens (tertiary/aromatic N) is 5. The Bertz CT molecular complexity index is 1260. The molecular weight excluding hydrogens is 386 g/mol. The van der Waals surface area contributed by atoms with Crippen LogP contribution < -0.4 is 10.5 Å². The summed E-state index contributed by atoms with van der Waals surface area (Å²) in [6, 6.07) is 16.8. The molecule has 0 unspecified atom stereocenters. The molecular formula is C21H19N5O2S. The third-order valence-electron chi connectivity index (χ3n) is 4.60. The van der Waals surface area contributed by atoms with Gasteiger partial charge in [0, 0.05) is 19.3 Å². The average Bonchev–Trinajstić information content (AvgIpc) is 3.19. The Balaban J connectivity index is 1.67. The SMILES string of the molecule is C=CCN(C(=O)CSc1nnc2n(C)c(=O)c3ccccc3n12)c1ccccc1. The van der Waals surface area contributed by atoms with Crippen molar-refractivity contribution in [3.63, 3.8) is 0 Å². The third-order valence-corrected chi connectivity index (χ3v) is 5.52. The van der Waals surface area contributed by atoms with Gasteiger partial charge in [0.1, 0.15) is 0 Å². The van der Waals surface area contributed by atoms with Crippen LogP contribution in [0.5, 0.6) is 0 Å². The molecule has 0 aliphatic heterocycles. The van der Waals surface area contributed by atoms with Crippen molar-refractivity contribution < 1.29 is 4.79 Å². The van der Waals surface area contributed by atoms with Crippen molar-refractivity contribution in [1.82, 2.24) is 19.2 Å². The quantitative estimate of drug-likeness (QED) is 0.364. The Morgan fingerprint density at radius 1 is 1.14 bits per heavy atom. The molecule has 2 heterocycles. The molecule has 2 aromatic heterocycles. The maximum Gasteiger partial charge on any atom is 0.262 e. The van der Waals surface area contributed by atoms with Gasteiger partial charge >= 0.3 is 0 Å². The van der Waals surface area contributed by atoms with E-state index in [4.69, 9.17) is 0 Å². The van der Waals surface area contributed by atoms with Crippen molar-refractivity contribution in [2.75, 3.05) is 17.2 Å². The lowest BCUT2D eigenvalue weighted by molar-refractivity contribution is -0.116. The van der Waals surface area contributed by atoms with Crippen LogP contribution in [0, 0.1) is 0 Å². The summed E-state index contributed by atoms with van der Waals surface area (Å²) in [7, 11) is 1.67. The van der Waals surface area contributed by atoms with Gasteiger partial charge in [-0.25, -0.2) is 0 Å². The maximum atomic E-state index is 12.9. The molecule has 29 heavy (non-hydrogen) atoms. The molecule has 1 amide bonds. The van der Waals surface area contributed by atoms with Crippen LogP contribution in [0.4, 0.5) is 5.69 Å². The molecule has 0 saturated carbocycles. The van der Waals surface area contributed by atoms with E-state index in [2.05, 4.69) is 16.8 Å². The van der Waals surface area contributed by atoms with Gasteiger partial charge in [-0.2, -0.15) is 0 Å². The number of carbonyl (C=O) groups excluding carboxylic acids is 1. The highest BCUT2D eigenvalue weighted by Gasteiger charge is 2.19. The largest absolute Gasteiger partial charge is 0.308 e. The van der Waals surface area contributed by atoms with E-state index in [-0.39, 0.29) is 17.2 Å². The zero-order valence-corrected chi connectivity index (χ0v) is 16.7. The molecule has 0 spiro atoms. The number of carbonyl (C=O) groups is 1. The second-order valence-electron chi connectivity index (χ2n) is 6.42. The number of hydrogen-bond donors (Lipinski definition) is 0. The summed E-state index contributed by atoms with van der Waals surface area (Å²) < 4.78 is 3.28. The molecule has 4 rings (SSSR count). The number of anilines is 1. The molecule has 0 N–H and O–H groups in total. The van der Waals surface area contributed by atoms with Crippen LogP contribution in [-0.2, 0) is 11.8 Å². The topological polar surface area (TPSA) is 72.5 Å². The molecule has 2 aromatic carbocycles. The first kappa shape index (κ1) is 18.9. The Morgan fingerprint density at radius 2 is 1.86 bits per heavy atom. The summed E-state index contributed by atoms with van der Waals surface area (Å²) in [6.07, 6.45) is 1.70. The minimum absolute atomic E-state index is 0.0630. The lowest BCUT2D eigenvalue weighted by Gasteiger charge is -2.20. The first-order chi connectivity index (χ1) is 14.1. The normalized spacial score (nSPS) is 11.1. The number of amides is 1. The second-order valence-corrected chi connectivity index (χ2v) is 7.36. The Morgan fingerprint density at radius 3 is 2.62 bits per heavy atom. The number of para-hydroxylation sites is 2. The van der Waals surface area contributed by atoms with E-state index in [1.165, 1.54) is 16.3 Å². The summed E-state index contributed by atoms with van der Waals surface area (Å²) in [5.74, 6) is 0.558. The lowest BCUT2D eigenvalue weighted by Crippen LogP contribution is -2.32. The van der Waals surface area contributed by atoms with Crippen molar-refractivity contribution in [3.05, 3.63) is 77.6 Å². The number of benzene rings is 2. The third kappa shape index (κ3) is 3.42. The first-order valence-electron chi connectivity index (χ1n) is 9.04. The molecule has 0 saturated heterocycles. The van der Waals surface area contributed by atoms with Crippen LogP contribution in [0.2, 0.25) is 0 Å². The molecule has 0 radical (unpaired) electrons. The predicted molar refractivity (Wildman–Crippen MR) is 115 cm³/mol. The monoisotopic (exact) mass is 405 g/mol. The fourth-order valence-corrected chi connectivity index (χ4v) is 4.01. The van der Waals surface area contributed by atoms with Gasteiger partial charge in [-0.1, -0.05) is 48.2 Å². The maximum absolute atomic E-state index is 12.9. The smallest absolute Gasteiger partial charge is 0.262 e. The van der Waals surface area contributed by atoms with Crippen LogP contribution in [-0.4, -0.2) is 37.4 Å². The van der Waals surface area contributed by atoms with Crippen molar-refractivity contribution in [2.24, 2.45) is 7.05 Å². The van der Waals surface area contributed by atoms with Crippen molar-refractivity contribution in [1.29, 1.82) is 0 Å². The molecule has 146 valence electrons. The van der Waals surface area contributed by atoms with Crippen molar-refractivity contribution >= 4 is 40.0 Å². The second kappa shape index (κ2) is 7.92. The summed E-state index contributed by atoms with van der Waals surface area (Å²) >= 11 is 1.29. The molecule has 0 bridgehead atoms. The Hall–Kier alpha value is -3.39. The summed E-state index contributed by atoms with van der Waals surface area (Å²) in [5.41, 5.74) is 1.41. The fourth-order valence-electron chi connectivity index (χ4n) is 3.20. The summed E-state index contributed by atoms with van der Waals surface area (Å²) in [6.45, 7) is 4.17. The van der Waals surface area contributed by atoms with E-state index in [1.54, 1.807) is 24.1 Å². The van der Waals surface area contributed by atoms with Gasteiger partial charge in [0.15, 0.2) is 5.16 Å². The van der Waals surface area contributed by atoms with Crippen LogP contribution in [0.3, 0.4) is 0 Å². The van der Waals surface area contributed by atoms with Crippen LogP contribution in [0.15, 0.2) is 77.2 Å². The van der Waals surface area contributed by atoms with E-state index in [9.17, 15) is 9.59 Å². The number of aryl methyl sites for hydroxylation is 1. The van der Waals surface area contributed by atoms with E-state index >= 15 is 0 Å². The molecule has 0 atom stereocenters. The first-order valence-corrected chi connectivity index (χ1v) is 10.0. The van der Waals surface area contributed by atoms with E-state index in [0.29, 0.717) is 22.9 Å². The number of rotatable bonds is 6. The fraction of sp³-hybridized carbons (Fsp3) is 0.143. The van der Waals surface area contributed by atoms with Gasteiger partial charge < -0.3 is 4.90 Å².